The summed E-state index contributed by atoms with van der Waals surface area (Å²) in [6.45, 7) is 1.06. The third-order valence-corrected chi connectivity index (χ3v) is 7.59. The molecule has 1 heterocycles. The van der Waals surface area contributed by atoms with E-state index in [-0.39, 0.29) is 30.3 Å². The zero-order chi connectivity index (χ0) is 24.9. The van der Waals surface area contributed by atoms with Crippen molar-refractivity contribution in [3.63, 3.8) is 0 Å². The maximum Gasteiger partial charge on any atom is 0.410 e. The van der Waals surface area contributed by atoms with Crippen LogP contribution in [0.25, 0.3) is 0 Å². The van der Waals surface area contributed by atoms with Crippen molar-refractivity contribution in [2.45, 2.75) is 64.0 Å². The molecule has 35 heavy (non-hydrogen) atoms. The summed E-state index contributed by atoms with van der Waals surface area (Å²) in [5, 5.41) is 9.86. The average Bonchev–Trinajstić information content (AvgIpc) is 2.82. The van der Waals surface area contributed by atoms with Crippen molar-refractivity contribution < 1.29 is 24.2 Å². The van der Waals surface area contributed by atoms with Crippen LogP contribution in [0.3, 0.4) is 0 Å². The number of benzene rings is 2. The third kappa shape index (κ3) is 6.98. The summed E-state index contributed by atoms with van der Waals surface area (Å²) in [5.74, 6) is -0.492. The van der Waals surface area contributed by atoms with E-state index < -0.39 is 5.97 Å². The van der Waals surface area contributed by atoms with Gasteiger partial charge in [-0.25, -0.2) is 4.79 Å². The molecule has 1 aliphatic carbocycles. The fraction of sp³-hybridized carbons (Fsp3) is 0.444. The Labute approximate surface area is 215 Å². The van der Waals surface area contributed by atoms with E-state index in [1.807, 2.05) is 18.2 Å². The number of Topliss-reactive ketones (excluding diaryl/α,β-unsaturated/α-hetero) is 1. The summed E-state index contributed by atoms with van der Waals surface area (Å²) in [6.07, 6.45) is 4.07. The van der Waals surface area contributed by atoms with Gasteiger partial charge in [-0.15, -0.1) is 0 Å². The van der Waals surface area contributed by atoms with Crippen LogP contribution >= 0.6 is 23.2 Å². The second kappa shape index (κ2) is 11.4. The van der Waals surface area contributed by atoms with Crippen molar-refractivity contribution in [3.05, 3.63) is 68.7 Å². The monoisotopic (exact) mass is 517 g/mol. The molecule has 1 fully saturated rings. The number of ketones is 1. The molecule has 6 nitrogen and oxygen atoms in total. The van der Waals surface area contributed by atoms with E-state index in [1.54, 1.807) is 17.0 Å². The highest BCUT2D eigenvalue weighted by molar-refractivity contribution is 6.42. The fourth-order valence-corrected chi connectivity index (χ4v) is 5.28. The van der Waals surface area contributed by atoms with Crippen LogP contribution in [0.5, 0.6) is 0 Å². The number of carboxylic acid groups (broad SMARTS) is 1. The van der Waals surface area contributed by atoms with E-state index in [4.69, 9.17) is 33.0 Å². The molecule has 0 aromatic heterocycles. The summed E-state index contributed by atoms with van der Waals surface area (Å²) in [6, 6.07) is 11.2. The second-order valence-corrected chi connectivity index (χ2v) is 10.4. The largest absolute Gasteiger partial charge is 0.481 e. The first-order chi connectivity index (χ1) is 16.8. The minimum absolute atomic E-state index is 0.0995. The Balaban J connectivity index is 1.27. The molecule has 8 heteroatoms. The Morgan fingerprint density at radius 2 is 1.60 bits per heavy atom. The van der Waals surface area contributed by atoms with E-state index in [2.05, 4.69) is 6.07 Å². The van der Waals surface area contributed by atoms with Crippen LogP contribution in [0.2, 0.25) is 10.0 Å². The molecule has 1 aliphatic heterocycles. The number of ether oxygens (including phenoxy) is 1. The highest BCUT2D eigenvalue weighted by Gasteiger charge is 2.28. The molecule has 0 atom stereocenters. The number of hydrogen-bond acceptors (Lipinski definition) is 4. The molecule has 2 aromatic carbocycles. The van der Waals surface area contributed by atoms with Gasteiger partial charge in [0.25, 0.3) is 0 Å². The number of carbonyl (C=O) groups is 3. The summed E-state index contributed by atoms with van der Waals surface area (Å²) in [5.41, 5.74) is 4.02. The van der Waals surface area contributed by atoms with E-state index in [0.717, 1.165) is 35.1 Å². The Bertz CT molecular complexity index is 1110. The lowest BCUT2D eigenvalue weighted by Crippen LogP contribution is -2.39. The Morgan fingerprint density at radius 1 is 0.914 bits per heavy atom. The van der Waals surface area contributed by atoms with Crippen molar-refractivity contribution in [1.82, 2.24) is 4.90 Å². The summed E-state index contributed by atoms with van der Waals surface area (Å²) >= 11 is 12.0. The van der Waals surface area contributed by atoms with Gasteiger partial charge in [0.15, 0.2) is 0 Å². The van der Waals surface area contributed by atoms with E-state index in [0.29, 0.717) is 55.2 Å². The highest BCUT2D eigenvalue weighted by Crippen LogP contribution is 2.30. The molecule has 0 unspecified atom stereocenters. The van der Waals surface area contributed by atoms with E-state index >= 15 is 0 Å². The SMILES string of the molecule is O=C(O)CC1CCC(OC(=O)N2CCc3cc(CC(=O)Cc4ccc(Cl)c(Cl)c4)ccc3C2)CC1. The second-order valence-electron chi connectivity index (χ2n) is 9.54. The number of aliphatic carboxylic acids is 1. The smallest absolute Gasteiger partial charge is 0.410 e. The normalized spacial score (nSPS) is 19.7. The molecule has 0 radical (unpaired) electrons. The van der Waals surface area contributed by atoms with Gasteiger partial charge in [-0.1, -0.05) is 47.5 Å². The Hall–Kier alpha value is -2.57. The molecule has 0 spiro atoms. The molecule has 0 saturated heterocycles. The fourth-order valence-electron chi connectivity index (χ4n) is 4.96. The maximum absolute atomic E-state index is 12.7. The number of fused-ring (bicyclic) bond motifs is 1. The van der Waals surface area contributed by atoms with Gasteiger partial charge in [0, 0.05) is 32.4 Å². The van der Waals surface area contributed by atoms with Gasteiger partial charge in [0.1, 0.15) is 11.9 Å². The van der Waals surface area contributed by atoms with Gasteiger partial charge in [0.05, 0.1) is 10.0 Å². The first kappa shape index (κ1) is 25.5. The molecule has 186 valence electrons. The molecule has 4 rings (SSSR count). The predicted molar refractivity (Wildman–Crippen MR) is 134 cm³/mol. The van der Waals surface area contributed by atoms with Gasteiger partial charge >= 0.3 is 12.1 Å². The van der Waals surface area contributed by atoms with Crippen LogP contribution in [0.4, 0.5) is 4.79 Å². The van der Waals surface area contributed by atoms with Gasteiger partial charge < -0.3 is 14.7 Å². The van der Waals surface area contributed by atoms with Gasteiger partial charge in [-0.2, -0.15) is 0 Å². The number of halogens is 2. The van der Waals surface area contributed by atoms with Crippen LogP contribution in [0.15, 0.2) is 36.4 Å². The summed E-state index contributed by atoms with van der Waals surface area (Å²) in [7, 11) is 0. The van der Waals surface area contributed by atoms with Crippen LogP contribution < -0.4 is 0 Å². The molecular formula is C27H29Cl2NO5. The number of carboxylic acids is 1. The van der Waals surface area contributed by atoms with Gasteiger partial charge in [-0.3, -0.25) is 9.59 Å². The quantitative estimate of drug-likeness (QED) is 0.495. The van der Waals surface area contributed by atoms with Crippen LogP contribution in [-0.4, -0.2) is 40.5 Å². The molecule has 2 aromatic rings. The number of hydrogen-bond donors (Lipinski definition) is 1. The topological polar surface area (TPSA) is 83.9 Å². The minimum atomic E-state index is -0.767. The lowest BCUT2D eigenvalue weighted by atomic mass is 9.85. The average molecular weight is 518 g/mol. The first-order valence-corrected chi connectivity index (χ1v) is 12.8. The molecule has 0 bridgehead atoms. The first-order valence-electron chi connectivity index (χ1n) is 12.0. The molecule has 1 N–H and O–H groups in total. The maximum atomic E-state index is 12.7. The standard InChI is InChI=1S/C27H29Cl2NO5/c28-24-8-4-19(14-25(24)29)13-22(31)12-18-1-5-21-16-30(10-9-20(21)11-18)27(34)35-23-6-2-17(3-7-23)15-26(32)33/h1,4-5,8,11,14,17,23H,2-3,6-7,9-10,12-13,15-16H2,(H,32,33). The lowest BCUT2D eigenvalue weighted by molar-refractivity contribution is -0.138. The zero-order valence-electron chi connectivity index (χ0n) is 19.5. The van der Waals surface area contributed by atoms with Crippen molar-refractivity contribution >= 4 is 41.0 Å². The molecule has 2 aliphatic rings. The molecule has 1 amide bonds. The minimum Gasteiger partial charge on any atom is -0.481 e. The molecular weight excluding hydrogens is 489 g/mol. The van der Waals surface area contributed by atoms with Gasteiger partial charge in [-0.05, 0) is 72.4 Å². The number of rotatable bonds is 7. The Kier molecular flexibility index (Phi) is 8.34. The Morgan fingerprint density at radius 3 is 2.29 bits per heavy atom. The van der Waals surface area contributed by atoms with Crippen LogP contribution in [-0.2, 0) is 40.1 Å². The predicted octanol–water partition coefficient (Wildman–Crippen LogP) is 5.88. The van der Waals surface area contributed by atoms with Crippen molar-refractivity contribution in [2.24, 2.45) is 5.92 Å². The number of nitrogens with zero attached hydrogens (tertiary/aromatic N) is 1. The number of carbonyl (C=O) groups excluding carboxylic acids is 2. The van der Waals surface area contributed by atoms with E-state index in [1.165, 1.54) is 0 Å². The molecule has 1 saturated carbocycles. The third-order valence-electron chi connectivity index (χ3n) is 6.85. The summed E-state index contributed by atoms with van der Waals surface area (Å²) in [4.78, 5) is 37.9. The van der Waals surface area contributed by atoms with Crippen LogP contribution in [0.1, 0.15) is 54.4 Å². The van der Waals surface area contributed by atoms with E-state index in [9.17, 15) is 14.4 Å². The number of amides is 1. The lowest BCUT2D eigenvalue weighted by Gasteiger charge is -2.32. The van der Waals surface area contributed by atoms with Crippen molar-refractivity contribution in [2.75, 3.05) is 6.54 Å². The van der Waals surface area contributed by atoms with Gasteiger partial charge in [0.2, 0.25) is 0 Å². The van der Waals surface area contributed by atoms with Crippen molar-refractivity contribution in [3.8, 4) is 0 Å². The summed E-state index contributed by atoms with van der Waals surface area (Å²) < 4.78 is 5.73. The van der Waals surface area contributed by atoms with Crippen molar-refractivity contribution in [1.29, 1.82) is 0 Å². The highest BCUT2D eigenvalue weighted by atomic mass is 35.5. The van der Waals surface area contributed by atoms with Crippen LogP contribution in [0, 0.1) is 5.92 Å². The zero-order valence-corrected chi connectivity index (χ0v) is 21.0.